The molecular weight excluding hydrogens is 758 g/mol. The van der Waals surface area contributed by atoms with Gasteiger partial charge in [0.25, 0.3) is 5.69 Å². The molecule has 0 bridgehead atoms. The first-order valence-corrected chi connectivity index (χ1v) is 19.2. The number of thiophene rings is 1. The summed E-state index contributed by atoms with van der Waals surface area (Å²) in [6.07, 6.45) is 2.19. The van der Waals surface area contributed by atoms with Gasteiger partial charge in [-0.3, -0.25) is 34.0 Å². The van der Waals surface area contributed by atoms with Crippen molar-refractivity contribution in [3.05, 3.63) is 105 Å². The largest absolute Gasteiger partial charge is 0.508 e. The number of fused-ring (bicyclic) bond motifs is 5. The van der Waals surface area contributed by atoms with Crippen LogP contribution in [0.15, 0.2) is 78.4 Å². The molecule has 1 saturated carbocycles. The van der Waals surface area contributed by atoms with Crippen LogP contribution in [0, 0.1) is 46.1 Å². The Morgan fingerprint density at radius 3 is 2.54 bits per heavy atom. The summed E-state index contributed by atoms with van der Waals surface area (Å²) in [5.74, 6) is -5.38. The van der Waals surface area contributed by atoms with Gasteiger partial charge in [-0.1, -0.05) is 35.4 Å². The molecule has 2 aromatic heterocycles. The fraction of sp³-hybridized carbons (Fsp3) is 0.293. The number of hydrogen-bond donors (Lipinski definition) is 1. The van der Waals surface area contributed by atoms with Gasteiger partial charge in [0.1, 0.15) is 23.0 Å². The standard InChI is InChI=1S/C41H34ClN5O8S/c1-19-27-14-20(42)8-13-32(27)56-36(19)30-18-33(44(3)43-30)46-38(50)29-17-28-24(35(41(29,2)40(46)52)25-10-9-23(48)16-31(25)55-4)11-12-26-34(28)39(51)45(37(26)49)21-6-5-7-22(15-21)47(53)54/h5-11,13-16,18,26,28-29,34-35,48H,12,17H2,1-4H3. The summed E-state index contributed by atoms with van der Waals surface area (Å²) in [6, 6.07) is 17.4. The van der Waals surface area contributed by atoms with Gasteiger partial charge in [0.15, 0.2) is 0 Å². The number of carbonyl (C=O) groups is 4. The highest BCUT2D eigenvalue weighted by atomic mass is 35.5. The van der Waals surface area contributed by atoms with Crippen molar-refractivity contribution in [1.82, 2.24) is 9.78 Å². The lowest BCUT2D eigenvalue weighted by Gasteiger charge is -2.49. The number of benzene rings is 3. The zero-order valence-electron chi connectivity index (χ0n) is 30.6. The zero-order chi connectivity index (χ0) is 39.5. The molecule has 6 atom stereocenters. The summed E-state index contributed by atoms with van der Waals surface area (Å²) in [4.78, 5) is 72.7. The molecule has 2 aliphatic carbocycles. The molecule has 3 fully saturated rings. The summed E-state index contributed by atoms with van der Waals surface area (Å²) in [6.45, 7) is 3.75. The van der Waals surface area contributed by atoms with E-state index in [9.17, 15) is 29.6 Å². The van der Waals surface area contributed by atoms with Crippen molar-refractivity contribution in [2.24, 2.45) is 36.1 Å². The van der Waals surface area contributed by atoms with E-state index in [1.807, 2.05) is 31.2 Å². The van der Waals surface area contributed by atoms with E-state index in [0.29, 0.717) is 22.0 Å². The Hall–Kier alpha value is -5.86. The average Bonchev–Trinajstić information content (AvgIpc) is 3.85. The molecule has 0 radical (unpaired) electrons. The SMILES string of the molecule is COc1cc(O)ccc1C1C2=CCC3C(=O)N(c4cccc([N+](=O)[O-])c4)C(=O)C3C2CC2C(=O)N(c3cc(-c4sc5ccc(Cl)cc5c4C)nn3C)C(=O)C21C. The molecule has 4 amide bonds. The van der Waals surface area contributed by atoms with Crippen molar-refractivity contribution in [1.29, 1.82) is 0 Å². The van der Waals surface area contributed by atoms with Crippen LogP contribution in [0.25, 0.3) is 20.7 Å². The number of rotatable bonds is 6. The molecule has 284 valence electrons. The number of aryl methyl sites for hydroxylation is 2. The third-order valence-electron chi connectivity index (χ3n) is 12.3. The Kier molecular flexibility index (Phi) is 8.05. The first kappa shape index (κ1) is 35.8. The first-order chi connectivity index (χ1) is 26.7. The second kappa shape index (κ2) is 12.6. The van der Waals surface area contributed by atoms with Crippen LogP contribution >= 0.6 is 22.9 Å². The lowest BCUT2D eigenvalue weighted by molar-refractivity contribution is -0.384. The van der Waals surface area contributed by atoms with Gasteiger partial charge in [-0.15, -0.1) is 11.3 Å². The summed E-state index contributed by atoms with van der Waals surface area (Å²) in [5, 5.41) is 28.4. The van der Waals surface area contributed by atoms with Gasteiger partial charge in [0, 0.05) is 52.5 Å². The number of nitro benzene ring substituents is 1. The molecule has 15 heteroatoms. The fourth-order valence-electron chi connectivity index (χ4n) is 9.73. The summed E-state index contributed by atoms with van der Waals surface area (Å²) in [7, 11) is 3.14. The van der Waals surface area contributed by atoms with Crippen LogP contribution < -0.4 is 14.5 Å². The molecule has 2 aliphatic heterocycles. The summed E-state index contributed by atoms with van der Waals surface area (Å²) < 4.78 is 8.31. The number of anilines is 2. The lowest BCUT2D eigenvalue weighted by atomic mass is 9.51. The average molecular weight is 792 g/mol. The Morgan fingerprint density at radius 2 is 1.79 bits per heavy atom. The van der Waals surface area contributed by atoms with Gasteiger partial charge in [-0.25, -0.2) is 9.80 Å². The van der Waals surface area contributed by atoms with E-state index in [4.69, 9.17) is 21.4 Å². The molecule has 56 heavy (non-hydrogen) atoms. The highest BCUT2D eigenvalue weighted by molar-refractivity contribution is 7.22. The van der Waals surface area contributed by atoms with Crippen LogP contribution in [0.4, 0.5) is 17.2 Å². The maximum Gasteiger partial charge on any atom is 0.271 e. The number of aromatic nitrogens is 2. The van der Waals surface area contributed by atoms with Gasteiger partial charge in [-0.2, -0.15) is 5.10 Å². The van der Waals surface area contributed by atoms with Crippen molar-refractivity contribution in [2.75, 3.05) is 16.9 Å². The number of carbonyl (C=O) groups excluding carboxylic acids is 4. The van der Waals surface area contributed by atoms with Crippen LogP contribution in [-0.2, 0) is 26.2 Å². The van der Waals surface area contributed by atoms with Crippen LogP contribution in [0.1, 0.15) is 36.8 Å². The van der Waals surface area contributed by atoms with E-state index in [-0.39, 0.29) is 35.8 Å². The van der Waals surface area contributed by atoms with Gasteiger partial charge >= 0.3 is 0 Å². The minimum Gasteiger partial charge on any atom is -0.508 e. The van der Waals surface area contributed by atoms with E-state index in [1.54, 1.807) is 26.1 Å². The molecule has 0 spiro atoms. The number of nitro groups is 1. The fourth-order valence-corrected chi connectivity index (χ4v) is 11.0. The molecule has 2 saturated heterocycles. The van der Waals surface area contributed by atoms with E-state index >= 15 is 4.79 Å². The number of amides is 4. The van der Waals surface area contributed by atoms with E-state index in [1.165, 1.54) is 64.4 Å². The Labute approximate surface area is 328 Å². The molecule has 13 nitrogen and oxygen atoms in total. The second-order valence-electron chi connectivity index (χ2n) is 15.1. The third kappa shape index (κ3) is 4.94. The van der Waals surface area contributed by atoms with Crippen molar-refractivity contribution in [3.8, 4) is 22.1 Å². The quantitative estimate of drug-likeness (QED) is 0.0803. The number of halogens is 1. The number of allylic oxidation sites excluding steroid dienone is 2. The highest BCUT2D eigenvalue weighted by Crippen LogP contribution is 2.64. The van der Waals surface area contributed by atoms with Crippen molar-refractivity contribution >= 4 is 73.8 Å². The Bertz CT molecular complexity index is 2630. The van der Waals surface area contributed by atoms with Crippen molar-refractivity contribution in [2.45, 2.75) is 32.6 Å². The Morgan fingerprint density at radius 1 is 1.00 bits per heavy atom. The highest BCUT2D eigenvalue weighted by Gasteiger charge is 2.68. The molecular formula is C41H34ClN5O8S. The molecule has 9 rings (SSSR count). The number of imide groups is 2. The van der Waals surface area contributed by atoms with Gasteiger partial charge < -0.3 is 9.84 Å². The minimum absolute atomic E-state index is 0.0572. The molecule has 6 unspecified atom stereocenters. The topological polar surface area (TPSA) is 165 Å². The number of aromatic hydroxyl groups is 1. The zero-order valence-corrected chi connectivity index (χ0v) is 32.1. The number of methoxy groups -OCH3 is 1. The monoisotopic (exact) mass is 791 g/mol. The first-order valence-electron chi connectivity index (χ1n) is 18.0. The van der Waals surface area contributed by atoms with Crippen LogP contribution in [0.3, 0.4) is 0 Å². The predicted molar refractivity (Wildman–Crippen MR) is 209 cm³/mol. The number of phenolic OH excluding ortho intramolecular Hbond substituents is 1. The van der Waals surface area contributed by atoms with Crippen LogP contribution in [0.2, 0.25) is 5.02 Å². The maximum atomic E-state index is 15.2. The molecule has 4 aliphatic rings. The number of ether oxygens (including phenoxy) is 1. The van der Waals surface area contributed by atoms with Crippen LogP contribution in [0.5, 0.6) is 11.5 Å². The lowest BCUT2D eigenvalue weighted by Crippen LogP contribution is -2.49. The van der Waals surface area contributed by atoms with E-state index < -0.39 is 63.6 Å². The van der Waals surface area contributed by atoms with Crippen molar-refractivity contribution < 1.29 is 33.9 Å². The number of phenols is 1. The predicted octanol–water partition coefficient (Wildman–Crippen LogP) is 7.32. The minimum atomic E-state index is -1.38. The number of hydrogen-bond acceptors (Lipinski definition) is 10. The molecule has 4 heterocycles. The van der Waals surface area contributed by atoms with Gasteiger partial charge in [-0.05, 0) is 73.9 Å². The second-order valence-corrected chi connectivity index (χ2v) is 16.6. The maximum absolute atomic E-state index is 15.2. The number of non-ortho nitro benzene ring substituents is 1. The van der Waals surface area contributed by atoms with Gasteiger partial charge in [0.2, 0.25) is 23.6 Å². The Balaban J connectivity index is 1.16. The smallest absolute Gasteiger partial charge is 0.271 e. The molecule has 5 aromatic rings. The normalized spacial score (nSPS) is 25.7. The van der Waals surface area contributed by atoms with Crippen molar-refractivity contribution in [3.63, 3.8) is 0 Å². The van der Waals surface area contributed by atoms with Crippen LogP contribution in [-0.4, -0.2) is 50.5 Å². The third-order valence-corrected chi connectivity index (χ3v) is 13.8. The molecule has 3 aromatic carbocycles. The summed E-state index contributed by atoms with van der Waals surface area (Å²) >= 11 is 7.85. The molecule has 1 N–H and O–H groups in total. The summed E-state index contributed by atoms with van der Waals surface area (Å²) in [5.41, 5.74) is 1.30. The van der Waals surface area contributed by atoms with Gasteiger partial charge in [0.05, 0.1) is 45.8 Å². The number of nitrogens with zero attached hydrogens (tertiary/aromatic N) is 5. The van der Waals surface area contributed by atoms with E-state index in [2.05, 4.69) is 0 Å². The van der Waals surface area contributed by atoms with E-state index in [0.717, 1.165) is 31.0 Å².